The summed E-state index contributed by atoms with van der Waals surface area (Å²) in [4.78, 5) is 14.0. The van der Waals surface area contributed by atoms with Gasteiger partial charge in [-0.25, -0.2) is 0 Å². The van der Waals surface area contributed by atoms with Crippen LogP contribution in [0.15, 0.2) is 24.3 Å². The fourth-order valence-corrected chi connectivity index (χ4v) is 2.66. The molecule has 1 aromatic carbocycles. The number of nitriles is 1. The van der Waals surface area contributed by atoms with E-state index in [1.807, 2.05) is 6.07 Å². The number of carbonyl (C=O) groups excluding carboxylic acids is 1. The SMILES string of the molecule is N#CCN(C(=O)Cc1cccc(O)c1)C1CCCC1. The standard InChI is InChI=1S/C15H18N2O2/c16-8-9-17(13-5-1-2-6-13)15(19)11-12-4-3-7-14(18)10-12/h3-4,7,10,13,18H,1-2,5-6,9,11H2. The Kier molecular flexibility index (Phi) is 4.40. The third-order valence-electron chi connectivity index (χ3n) is 3.59. The molecule has 4 nitrogen and oxygen atoms in total. The molecule has 0 bridgehead atoms. The molecule has 1 amide bonds. The molecule has 0 radical (unpaired) electrons. The zero-order valence-corrected chi connectivity index (χ0v) is 10.9. The van der Waals surface area contributed by atoms with Crippen molar-refractivity contribution in [1.82, 2.24) is 4.90 Å². The van der Waals surface area contributed by atoms with E-state index in [0.29, 0.717) is 0 Å². The molecule has 1 aliphatic carbocycles. The Morgan fingerprint density at radius 1 is 1.42 bits per heavy atom. The van der Waals surface area contributed by atoms with Crippen molar-refractivity contribution in [3.05, 3.63) is 29.8 Å². The van der Waals surface area contributed by atoms with E-state index < -0.39 is 0 Å². The van der Waals surface area contributed by atoms with Crippen LogP contribution in [0, 0.1) is 11.3 Å². The molecule has 0 aliphatic heterocycles. The second-order valence-corrected chi connectivity index (χ2v) is 4.96. The van der Waals surface area contributed by atoms with Gasteiger partial charge in [0.25, 0.3) is 0 Å². The fraction of sp³-hybridized carbons (Fsp3) is 0.467. The van der Waals surface area contributed by atoms with Gasteiger partial charge < -0.3 is 10.0 Å². The summed E-state index contributed by atoms with van der Waals surface area (Å²) in [6.07, 6.45) is 4.49. The van der Waals surface area contributed by atoms with Gasteiger partial charge >= 0.3 is 0 Å². The van der Waals surface area contributed by atoms with Gasteiger partial charge in [-0.1, -0.05) is 25.0 Å². The van der Waals surface area contributed by atoms with Gasteiger partial charge in [0.1, 0.15) is 12.3 Å². The van der Waals surface area contributed by atoms with Crippen molar-refractivity contribution in [1.29, 1.82) is 5.26 Å². The average molecular weight is 258 g/mol. The van der Waals surface area contributed by atoms with E-state index in [-0.39, 0.29) is 30.7 Å². The maximum Gasteiger partial charge on any atom is 0.228 e. The number of rotatable bonds is 4. The number of hydrogen-bond donors (Lipinski definition) is 1. The largest absolute Gasteiger partial charge is 0.508 e. The van der Waals surface area contributed by atoms with Gasteiger partial charge in [-0.2, -0.15) is 5.26 Å². The van der Waals surface area contributed by atoms with Crippen molar-refractivity contribution in [3.63, 3.8) is 0 Å². The minimum Gasteiger partial charge on any atom is -0.508 e. The summed E-state index contributed by atoms with van der Waals surface area (Å²) < 4.78 is 0. The molecule has 19 heavy (non-hydrogen) atoms. The van der Waals surface area contributed by atoms with Crippen LogP contribution in [0.25, 0.3) is 0 Å². The highest BCUT2D eigenvalue weighted by Crippen LogP contribution is 2.24. The van der Waals surface area contributed by atoms with Crippen LogP contribution < -0.4 is 0 Å². The number of nitrogens with zero attached hydrogens (tertiary/aromatic N) is 2. The maximum absolute atomic E-state index is 12.3. The van der Waals surface area contributed by atoms with E-state index in [1.54, 1.807) is 23.1 Å². The molecule has 0 unspecified atom stereocenters. The van der Waals surface area contributed by atoms with Crippen molar-refractivity contribution in [2.75, 3.05) is 6.54 Å². The third kappa shape index (κ3) is 3.47. The highest BCUT2D eigenvalue weighted by Gasteiger charge is 2.26. The average Bonchev–Trinajstić information content (AvgIpc) is 2.89. The first-order chi connectivity index (χ1) is 9.20. The summed E-state index contributed by atoms with van der Waals surface area (Å²) in [5.41, 5.74) is 0.783. The summed E-state index contributed by atoms with van der Waals surface area (Å²) in [7, 11) is 0. The lowest BCUT2D eigenvalue weighted by Crippen LogP contribution is -2.40. The van der Waals surface area contributed by atoms with Crippen LogP contribution >= 0.6 is 0 Å². The molecule has 0 saturated heterocycles. The van der Waals surface area contributed by atoms with Crippen LogP contribution in [0.3, 0.4) is 0 Å². The molecular weight excluding hydrogens is 240 g/mol. The van der Waals surface area contributed by atoms with Gasteiger partial charge in [0, 0.05) is 6.04 Å². The first-order valence-electron chi connectivity index (χ1n) is 6.65. The first-order valence-corrected chi connectivity index (χ1v) is 6.65. The predicted molar refractivity (Wildman–Crippen MR) is 71.4 cm³/mol. The van der Waals surface area contributed by atoms with E-state index in [0.717, 1.165) is 31.2 Å². The maximum atomic E-state index is 12.3. The van der Waals surface area contributed by atoms with E-state index >= 15 is 0 Å². The Morgan fingerprint density at radius 3 is 2.79 bits per heavy atom. The van der Waals surface area contributed by atoms with Gasteiger partial charge in [0.05, 0.1) is 12.5 Å². The van der Waals surface area contributed by atoms with Crippen LogP contribution in [0.1, 0.15) is 31.2 Å². The molecule has 1 aliphatic rings. The fourth-order valence-electron chi connectivity index (χ4n) is 2.66. The molecule has 0 aromatic heterocycles. The molecule has 4 heteroatoms. The minimum atomic E-state index is -0.0287. The first kappa shape index (κ1) is 13.4. The Morgan fingerprint density at radius 2 is 2.16 bits per heavy atom. The van der Waals surface area contributed by atoms with E-state index in [1.165, 1.54) is 0 Å². The topological polar surface area (TPSA) is 64.3 Å². The Labute approximate surface area is 113 Å². The summed E-state index contributed by atoms with van der Waals surface area (Å²) in [6, 6.07) is 9.01. The number of benzene rings is 1. The molecule has 1 N–H and O–H groups in total. The number of amides is 1. The number of carbonyl (C=O) groups is 1. The third-order valence-corrected chi connectivity index (χ3v) is 3.59. The van der Waals surface area contributed by atoms with Crippen LogP contribution in [0.2, 0.25) is 0 Å². The molecule has 0 spiro atoms. The van der Waals surface area contributed by atoms with Crippen molar-refractivity contribution < 1.29 is 9.90 Å². The second kappa shape index (κ2) is 6.24. The predicted octanol–water partition coefficient (Wildman–Crippen LogP) is 2.23. The number of hydrogen-bond acceptors (Lipinski definition) is 3. The molecule has 2 rings (SSSR count). The number of phenolic OH excluding ortho intramolecular Hbond substituents is 1. The van der Waals surface area contributed by atoms with Gasteiger partial charge in [-0.05, 0) is 30.5 Å². The molecule has 0 atom stereocenters. The van der Waals surface area contributed by atoms with E-state index in [2.05, 4.69) is 6.07 Å². The monoisotopic (exact) mass is 258 g/mol. The summed E-state index contributed by atoms with van der Waals surface area (Å²) in [6.45, 7) is 0.155. The highest BCUT2D eigenvalue weighted by atomic mass is 16.3. The lowest BCUT2D eigenvalue weighted by molar-refractivity contribution is -0.132. The lowest BCUT2D eigenvalue weighted by Gasteiger charge is -2.26. The van der Waals surface area contributed by atoms with E-state index in [9.17, 15) is 9.90 Å². The Bertz CT molecular complexity index is 487. The van der Waals surface area contributed by atoms with Crippen molar-refractivity contribution in [2.45, 2.75) is 38.1 Å². The molecule has 100 valence electrons. The van der Waals surface area contributed by atoms with Crippen molar-refractivity contribution >= 4 is 5.91 Å². The minimum absolute atomic E-state index is 0.0287. The highest BCUT2D eigenvalue weighted by molar-refractivity contribution is 5.79. The zero-order valence-electron chi connectivity index (χ0n) is 10.9. The van der Waals surface area contributed by atoms with Crippen LogP contribution in [-0.2, 0) is 11.2 Å². The summed E-state index contributed by atoms with van der Waals surface area (Å²) >= 11 is 0. The van der Waals surface area contributed by atoms with Crippen LogP contribution in [0.5, 0.6) is 5.75 Å². The van der Waals surface area contributed by atoms with Gasteiger partial charge in [0.2, 0.25) is 5.91 Å². The summed E-state index contributed by atoms with van der Waals surface area (Å²) in [5, 5.41) is 18.3. The molecule has 1 fully saturated rings. The van der Waals surface area contributed by atoms with Gasteiger partial charge in [0.15, 0.2) is 0 Å². The lowest BCUT2D eigenvalue weighted by atomic mass is 10.1. The molecule has 1 aromatic rings. The molecular formula is C15H18N2O2. The van der Waals surface area contributed by atoms with Gasteiger partial charge in [-0.15, -0.1) is 0 Å². The Balaban J connectivity index is 2.05. The molecule has 1 saturated carbocycles. The summed E-state index contributed by atoms with van der Waals surface area (Å²) in [5.74, 6) is 0.136. The smallest absolute Gasteiger partial charge is 0.228 e. The number of phenols is 1. The normalized spacial score (nSPS) is 15.1. The quantitative estimate of drug-likeness (QED) is 0.842. The van der Waals surface area contributed by atoms with Crippen LogP contribution in [0.4, 0.5) is 0 Å². The number of aromatic hydroxyl groups is 1. The van der Waals surface area contributed by atoms with Gasteiger partial charge in [-0.3, -0.25) is 4.79 Å². The van der Waals surface area contributed by atoms with Crippen molar-refractivity contribution in [3.8, 4) is 11.8 Å². The molecule has 0 heterocycles. The Hall–Kier alpha value is -2.02. The van der Waals surface area contributed by atoms with Crippen molar-refractivity contribution in [2.24, 2.45) is 0 Å². The van der Waals surface area contributed by atoms with Crippen LogP contribution in [-0.4, -0.2) is 28.5 Å². The van der Waals surface area contributed by atoms with E-state index in [4.69, 9.17) is 5.26 Å². The second-order valence-electron chi connectivity index (χ2n) is 4.96. The zero-order chi connectivity index (χ0) is 13.7.